The highest BCUT2D eigenvalue weighted by molar-refractivity contribution is 7.90. The van der Waals surface area contributed by atoms with Gasteiger partial charge in [0, 0.05) is 12.6 Å². The number of nitrogens with zero attached hydrogens (tertiary/aromatic N) is 2. The van der Waals surface area contributed by atoms with Crippen molar-refractivity contribution >= 4 is 10.0 Å². The summed E-state index contributed by atoms with van der Waals surface area (Å²) in [6, 6.07) is 6.40. The molecule has 0 aliphatic heterocycles. The van der Waals surface area contributed by atoms with E-state index in [9.17, 15) is 13.2 Å². The topological polar surface area (TPSA) is 94.2 Å². The van der Waals surface area contributed by atoms with Gasteiger partial charge in [0.05, 0.1) is 18.1 Å². The van der Waals surface area contributed by atoms with Crippen molar-refractivity contribution in [3.05, 3.63) is 40.9 Å². The van der Waals surface area contributed by atoms with E-state index in [1.165, 1.54) is 17.0 Å². The van der Waals surface area contributed by atoms with Crippen LogP contribution in [-0.4, -0.2) is 30.0 Å². The van der Waals surface area contributed by atoms with Crippen LogP contribution in [0.25, 0.3) is 11.5 Å². The molecule has 2 heterocycles. The van der Waals surface area contributed by atoms with Gasteiger partial charge in [0.2, 0.25) is 10.0 Å². The van der Waals surface area contributed by atoms with Crippen LogP contribution >= 0.6 is 0 Å². The van der Waals surface area contributed by atoms with Gasteiger partial charge in [-0.15, -0.1) is 0 Å². The fourth-order valence-corrected chi connectivity index (χ4v) is 2.33. The lowest BCUT2D eigenvalue weighted by molar-refractivity contribution is 0.536. The van der Waals surface area contributed by atoms with Gasteiger partial charge in [-0.25, -0.2) is 17.8 Å². The molecule has 0 fully saturated rings. The number of rotatable bonds is 6. The zero-order valence-corrected chi connectivity index (χ0v) is 12.6. The van der Waals surface area contributed by atoms with Crippen LogP contribution in [-0.2, 0) is 16.6 Å². The zero-order chi connectivity index (χ0) is 15.5. The average Bonchev–Trinajstić information content (AvgIpc) is 2.94. The summed E-state index contributed by atoms with van der Waals surface area (Å²) in [6.07, 6.45) is 1.52. The Morgan fingerprint density at radius 1 is 1.33 bits per heavy atom. The molecule has 0 aromatic carbocycles. The molecular formula is C13H17N3O4S. The van der Waals surface area contributed by atoms with E-state index in [0.717, 1.165) is 0 Å². The first-order valence-corrected chi connectivity index (χ1v) is 8.05. The predicted molar refractivity (Wildman–Crippen MR) is 78.3 cm³/mol. The first-order chi connectivity index (χ1) is 9.90. The van der Waals surface area contributed by atoms with E-state index in [2.05, 4.69) is 9.82 Å². The second-order valence-electron chi connectivity index (χ2n) is 4.75. The minimum absolute atomic E-state index is 0.106. The summed E-state index contributed by atoms with van der Waals surface area (Å²) in [4.78, 5) is 11.7. The normalized spacial score (nSPS) is 12.0. The average molecular weight is 311 g/mol. The maximum Gasteiger partial charge on any atom is 0.266 e. The molecule has 114 valence electrons. The quantitative estimate of drug-likeness (QED) is 0.852. The molecule has 8 heteroatoms. The van der Waals surface area contributed by atoms with E-state index in [1.807, 2.05) is 0 Å². The van der Waals surface area contributed by atoms with Gasteiger partial charge in [-0.3, -0.25) is 4.79 Å². The Labute approximate surface area is 122 Å². The molecule has 0 bridgehead atoms. The molecular weight excluding hydrogens is 294 g/mol. The molecule has 1 N–H and O–H groups in total. The molecule has 0 saturated heterocycles. The number of aromatic nitrogens is 2. The Kier molecular flexibility index (Phi) is 4.59. The molecule has 2 aromatic rings. The molecule has 0 aliphatic carbocycles. The van der Waals surface area contributed by atoms with Gasteiger partial charge in [0.25, 0.3) is 5.56 Å². The highest BCUT2D eigenvalue weighted by atomic mass is 32.2. The summed E-state index contributed by atoms with van der Waals surface area (Å²) in [5.41, 5.74) is 0.223. The molecule has 21 heavy (non-hydrogen) atoms. The number of hydrogen-bond donors (Lipinski definition) is 1. The van der Waals surface area contributed by atoms with Gasteiger partial charge < -0.3 is 4.42 Å². The first kappa shape index (κ1) is 15.5. The van der Waals surface area contributed by atoms with E-state index in [1.54, 1.807) is 32.0 Å². The van der Waals surface area contributed by atoms with Crippen LogP contribution in [0.1, 0.15) is 13.8 Å². The minimum Gasteiger partial charge on any atom is -0.463 e. The highest BCUT2D eigenvalue weighted by Crippen LogP contribution is 2.14. The second-order valence-corrected chi connectivity index (χ2v) is 7.07. The van der Waals surface area contributed by atoms with E-state index in [0.29, 0.717) is 11.5 Å². The first-order valence-electron chi connectivity index (χ1n) is 6.50. The molecule has 0 atom stereocenters. The van der Waals surface area contributed by atoms with Crippen LogP contribution in [0.5, 0.6) is 0 Å². The van der Waals surface area contributed by atoms with E-state index in [-0.39, 0.29) is 18.6 Å². The summed E-state index contributed by atoms with van der Waals surface area (Å²) >= 11 is 0. The third-order valence-corrected chi connectivity index (χ3v) is 4.74. The molecule has 0 radical (unpaired) electrons. The third kappa shape index (κ3) is 3.79. The molecule has 0 spiro atoms. The Morgan fingerprint density at radius 2 is 2.10 bits per heavy atom. The van der Waals surface area contributed by atoms with Gasteiger partial charge in [0.15, 0.2) is 5.76 Å². The van der Waals surface area contributed by atoms with Crippen molar-refractivity contribution in [2.24, 2.45) is 0 Å². The predicted octanol–water partition coefficient (Wildman–Crippen LogP) is 0.831. The molecule has 0 aliphatic rings. The Bertz CT molecular complexity index is 748. The van der Waals surface area contributed by atoms with Crippen LogP contribution in [0.3, 0.4) is 0 Å². The van der Waals surface area contributed by atoms with E-state index >= 15 is 0 Å². The molecule has 7 nitrogen and oxygen atoms in total. The number of sulfonamides is 1. The van der Waals surface area contributed by atoms with Crippen LogP contribution in [0.15, 0.2) is 39.7 Å². The summed E-state index contributed by atoms with van der Waals surface area (Å²) in [6.45, 7) is 3.43. The van der Waals surface area contributed by atoms with Crippen molar-refractivity contribution in [2.75, 3.05) is 6.54 Å². The summed E-state index contributed by atoms with van der Waals surface area (Å²) in [5, 5.41) is 3.64. The van der Waals surface area contributed by atoms with Crippen molar-refractivity contribution in [2.45, 2.75) is 25.6 Å². The fourth-order valence-electron chi connectivity index (χ4n) is 1.63. The van der Waals surface area contributed by atoms with Crippen LogP contribution in [0.2, 0.25) is 0 Å². The number of hydrogen-bond acceptors (Lipinski definition) is 5. The Balaban J connectivity index is 2.10. The summed E-state index contributed by atoms with van der Waals surface area (Å²) in [7, 11) is -3.35. The van der Waals surface area contributed by atoms with Gasteiger partial charge in [-0.05, 0) is 32.0 Å². The van der Waals surface area contributed by atoms with Crippen molar-refractivity contribution in [3.63, 3.8) is 0 Å². The lowest BCUT2D eigenvalue weighted by Gasteiger charge is -2.10. The Morgan fingerprint density at radius 3 is 2.71 bits per heavy atom. The minimum atomic E-state index is -3.35. The summed E-state index contributed by atoms with van der Waals surface area (Å²) < 4.78 is 32.1. The smallest absolute Gasteiger partial charge is 0.266 e. The van der Waals surface area contributed by atoms with Crippen molar-refractivity contribution in [1.29, 1.82) is 0 Å². The maximum absolute atomic E-state index is 11.7. The maximum atomic E-state index is 11.7. The van der Waals surface area contributed by atoms with Crippen molar-refractivity contribution in [1.82, 2.24) is 14.5 Å². The number of nitrogens with one attached hydrogen (secondary N) is 1. The molecule has 0 saturated carbocycles. The van der Waals surface area contributed by atoms with E-state index < -0.39 is 15.3 Å². The van der Waals surface area contributed by atoms with Crippen molar-refractivity contribution in [3.8, 4) is 11.5 Å². The van der Waals surface area contributed by atoms with Crippen LogP contribution in [0, 0.1) is 0 Å². The number of furan rings is 1. The van der Waals surface area contributed by atoms with Crippen molar-refractivity contribution < 1.29 is 12.8 Å². The van der Waals surface area contributed by atoms with Gasteiger partial charge in [0.1, 0.15) is 5.69 Å². The molecule has 2 rings (SSSR count). The monoisotopic (exact) mass is 311 g/mol. The lowest BCUT2D eigenvalue weighted by atomic mass is 10.3. The summed E-state index contributed by atoms with van der Waals surface area (Å²) in [5.74, 6) is 0.548. The molecule has 0 unspecified atom stereocenters. The van der Waals surface area contributed by atoms with Gasteiger partial charge in [-0.1, -0.05) is 0 Å². The zero-order valence-electron chi connectivity index (χ0n) is 11.8. The molecule has 2 aromatic heterocycles. The lowest BCUT2D eigenvalue weighted by Crippen LogP contribution is -2.35. The highest BCUT2D eigenvalue weighted by Gasteiger charge is 2.14. The van der Waals surface area contributed by atoms with Gasteiger partial charge in [-0.2, -0.15) is 5.10 Å². The third-order valence-electron chi connectivity index (χ3n) is 2.89. The Hall–Kier alpha value is -1.93. The largest absolute Gasteiger partial charge is 0.463 e. The molecule has 0 amide bonds. The second kappa shape index (κ2) is 6.23. The van der Waals surface area contributed by atoms with Gasteiger partial charge >= 0.3 is 0 Å². The van der Waals surface area contributed by atoms with Crippen LogP contribution < -0.4 is 10.3 Å². The fraction of sp³-hybridized carbons (Fsp3) is 0.385. The standard InChI is InChI=1S/C13H17N3O4S/c1-10(2)21(18,19)14-7-8-16-13(17)6-5-11(15-16)12-4-3-9-20-12/h3-6,9-10,14H,7-8H2,1-2H3. The van der Waals surface area contributed by atoms with Crippen LogP contribution in [0.4, 0.5) is 0 Å². The van der Waals surface area contributed by atoms with E-state index in [4.69, 9.17) is 4.42 Å². The SMILES string of the molecule is CC(C)S(=O)(=O)NCCn1nc(-c2ccco2)ccc1=O.